The van der Waals surface area contributed by atoms with Crippen LogP contribution in [0.15, 0.2) is 36.8 Å². The maximum atomic E-state index is 12.8. The molecule has 25 heavy (non-hydrogen) atoms. The van der Waals surface area contributed by atoms with Crippen LogP contribution in [0, 0.1) is 13.8 Å². The highest BCUT2D eigenvalue weighted by atomic mass is 16.7. The van der Waals surface area contributed by atoms with Gasteiger partial charge in [0, 0.05) is 0 Å². The standard InChI is InChI=1S/C19H22N2O4/c1-4-24-18(23)25-16-15(14-11-12(2)5-6-13(14)3)17(22)21-19(16)7-9-20-10-8-19/h4-6,11,20H,1,7-10H2,2-3H3,(H,21,22). The summed E-state index contributed by atoms with van der Waals surface area (Å²) in [5, 5.41) is 6.31. The number of carbonyl (C=O) groups excluding carboxylic acids is 2. The lowest BCUT2D eigenvalue weighted by Crippen LogP contribution is -2.52. The van der Waals surface area contributed by atoms with E-state index in [1.54, 1.807) is 0 Å². The van der Waals surface area contributed by atoms with Crippen LogP contribution in [0.4, 0.5) is 4.79 Å². The minimum atomic E-state index is -0.887. The summed E-state index contributed by atoms with van der Waals surface area (Å²) in [6.07, 6.45) is 1.41. The van der Waals surface area contributed by atoms with Crippen molar-refractivity contribution in [3.8, 4) is 0 Å². The Kier molecular flexibility index (Phi) is 4.63. The summed E-state index contributed by atoms with van der Waals surface area (Å²) < 4.78 is 10.2. The zero-order valence-corrected chi connectivity index (χ0v) is 14.5. The van der Waals surface area contributed by atoms with Gasteiger partial charge in [-0.15, -0.1) is 0 Å². The van der Waals surface area contributed by atoms with Crippen molar-refractivity contribution >= 4 is 17.6 Å². The number of piperidine rings is 1. The predicted octanol–water partition coefficient (Wildman–Crippen LogP) is 2.56. The van der Waals surface area contributed by atoms with Gasteiger partial charge in [0.05, 0.1) is 11.8 Å². The summed E-state index contributed by atoms with van der Waals surface area (Å²) in [5.41, 5.74) is 2.46. The second-order valence-electron chi connectivity index (χ2n) is 6.45. The molecule has 2 aliphatic heterocycles. The van der Waals surface area contributed by atoms with Crippen LogP contribution in [0.2, 0.25) is 0 Å². The number of ether oxygens (including phenoxy) is 2. The fourth-order valence-corrected chi connectivity index (χ4v) is 3.46. The first-order valence-electron chi connectivity index (χ1n) is 8.32. The zero-order chi connectivity index (χ0) is 18.0. The Balaban J connectivity index is 2.14. The second kappa shape index (κ2) is 6.72. The molecular formula is C19H22N2O4. The van der Waals surface area contributed by atoms with Crippen molar-refractivity contribution in [2.45, 2.75) is 32.2 Å². The molecule has 2 heterocycles. The van der Waals surface area contributed by atoms with E-state index in [4.69, 9.17) is 9.47 Å². The Morgan fingerprint density at radius 3 is 2.68 bits per heavy atom. The number of benzene rings is 1. The van der Waals surface area contributed by atoms with Crippen molar-refractivity contribution in [2.75, 3.05) is 13.1 Å². The van der Waals surface area contributed by atoms with Crippen LogP contribution in [0.1, 0.15) is 29.5 Å². The number of hydrogen-bond donors (Lipinski definition) is 2. The molecule has 6 heteroatoms. The van der Waals surface area contributed by atoms with Gasteiger partial charge in [0.25, 0.3) is 5.91 Å². The molecular weight excluding hydrogens is 320 g/mol. The highest BCUT2D eigenvalue weighted by molar-refractivity contribution is 6.23. The topological polar surface area (TPSA) is 76.7 Å². The molecule has 0 aromatic heterocycles. The Bertz CT molecular complexity index is 761. The first-order chi connectivity index (χ1) is 12.0. The molecule has 0 atom stereocenters. The first-order valence-corrected chi connectivity index (χ1v) is 8.32. The number of amides is 1. The minimum Gasteiger partial charge on any atom is -0.403 e. The van der Waals surface area contributed by atoms with Gasteiger partial charge in [0.2, 0.25) is 0 Å². The van der Waals surface area contributed by atoms with Crippen LogP contribution in [-0.4, -0.2) is 30.7 Å². The molecule has 1 spiro atoms. The maximum Gasteiger partial charge on any atom is 0.518 e. The van der Waals surface area contributed by atoms with Gasteiger partial charge in [-0.25, -0.2) is 4.79 Å². The fraction of sp³-hybridized carbons (Fsp3) is 0.368. The molecule has 3 rings (SSSR count). The third kappa shape index (κ3) is 3.17. The van der Waals surface area contributed by atoms with Crippen molar-refractivity contribution in [1.82, 2.24) is 10.6 Å². The van der Waals surface area contributed by atoms with E-state index in [0.717, 1.165) is 36.0 Å². The van der Waals surface area contributed by atoms with Gasteiger partial charge >= 0.3 is 6.16 Å². The number of hydrogen-bond acceptors (Lipinski definition) is 5. The molecule has 0 unspecified atom stereocenters. The lowest BCUT2D eigenvalue weighted by Gasteiger charge is -2.35. The maximum absolute atomic E-state index is 12.8. The van der Waals surface area contributed by atoms with Crippen LogP contribution in [0.5, 0.6) is 0 Å². The van der Waals surface area contributed by atoms with E-state index in [1.807, 2.05) is 32.0 Å². The molecule has 0 aliphatic carbocycles. The van der Waals surface area contributed by atoms with Gasteiger partial charge in [-0.05, 0) is 50.9 Å². The monoisotopic (exact) mass is 342 g/mol. The molecule has 2 N–H and O–H groups in total. The van der Waals surface area contributed by atoms with Crippen LogP contribution >= 0.6 is 0 Å². The quantitative estimate of drug-likeness (QED) is 0.652. The fourth-order valence-electron chi connectivity index (χ4n) is 3.46. The third-order valence-corrected chi connectivity index (χ3v) is 4.73. The van der Waals surface area contributed by atoms with Crippen LogP contribution in [0.25, 0.3) is 5.57 Å². The molecule has 1 fully saturated rings. The Hall–Kier alpha value is -2.60. The molecule has 6 nitrogen and oxygen atoms in total. The molecule has 1 aromatic rings. The van der Waals surface area contributed by atoms with Gasteiger partial charge in [-0.3, -0.25) is 4.79 Å². The van der Waals surface area contributed by atoms with Crippen molar-refractivity contribution in [1.29, 1.82) is 0 Å². The minimum absolute atomic E-state index is 0.225. The van der Waals surface area contributed by atoms with E-state index in [2.05, 4.69) is 17.2 Å². The third-order valence-electron chi connectivity index (χ3n) is 4.73. The van der Waals surface area contributed by atoms with Crippen molar-refractivity contribution in [3.05, 3.63) is 53.5 Å². The Morgan fingerprint density at radius 1 is 1.28 bits per heavy atom. The highest BCUT2D eigenvalue weighted by Gasteiger charge is 2.49. The highest BCUT2D eigenvalue weighted by Crippen LogP contribution is 2.40. The molecule has 2 aliphatic rings. The van der Waals surface area contributed by atoms with Crippen LogP contribution in [-0.2, 0) is 14.3 Å². The van der Waals surface area contributed by atoms with Crippen LogP contribution < -0.4 is 10.6 Å². The van der Waals surface area contributed by atoms with Crippen molar-refractivity contribution in [2.24, 2.45) is 0 Å². The smallest absolute Gasteiger partial charge is 0.403 e. The number of rotatable bonds is 3. The average Bonchev–Trinajstić information content (AvgIpc) is 2.82. The van der Waals surface area contributed by atoms with E-state index >= 15 is 0 Å². The molecule has 1 saturated heterocycles. The largest absolute Gasteiger partial charge is 0.518 e. The van der Waals surface area contributed by atoms with Gasteiger partial charge in [0.15, 0.2) is 5.76 Å². The number of aryl methyl sites for hydroxylation is 2. The summed E-state index contributed by atoms with van der Waals surface area (Å²) >= 11 is 0. The first kappa shape index (κ1) is 17.2. The molecule has 0 radical (unpaired) electrons. The van der Waals surface area contributed by atoms with E-state index in [0.29, 0.717) is 24.2 Å². The number of nitrogens with one attached hydrogen (secondary N) is 2. The van der Waals surface area contributed by atoms with Crippen molar-refractivity contribution < 1.29 is 19.1 Å². The van der Waals surface area contributed by atoms with E-state index in [1.165, 1.54) is 0 Å². The second-order valence-corrected chi connectivity index (χ2v) is 6.45. The lowest BCUT2D eigenvalue weighted by atomic mass is 9.86. The SMILES string of the molecule is C=COC(=O)OC1=C(c2cc(C)ccc2C)C(=O)NC12CCNCC2. The summed E-state index contributed by atoms with van der Waals surface area (Å²) in [4.78, 5) is 24.8. The summed E-state index contributed by atoms with van der Waals surface area (Å²) in [5.74, 6) is 0.122. The average molecular weight is 342 g/mol. The molecule has 0 saturated carbocycles. The van der Waals surface area contributed by atoms with E-state index in [9.17, 15) is 9.59 Å². The van der Waals surface area contributed by atoms with Crippen LogP contribution in [0.3, 0.4) is 0 Å². The molecule has 1 amide bonds. The van der Waals surface area contributed by atoms with Gasteiger partial charge in [-0.2, -0.15) is 0 Å². The number of carbonyl (C=O) groups is 2. The Morgan fingerprint density at radius 2 is 2.00 bits per heavy atom. The van der Waals surface area contributed by atoms with Gasteiger partial charge in [0.1, 0.15) is 5.54 Å². The Labute approximate surface area is 146 Å². The summed E-state index contributed by atoms with van der Waals surface area (Å²) in [7, 11) is 0. The molecule has 1 aromatic carbocycles. The van der Waals surface area contributed by atoms with Crippen molar-refractivity contribution in [3.63, 3.8) is 0 Å². The normalized spacial score (nSPS) is 18.9. The zero-order valence-electron chi connectivity index (χ0n) is 14.5. The van der Waals surface area contributed by atoms with E-state index < -0.39 is 11.7 Å². The van der Waals surface area contributed by atoms with Gasteiger partial charge in [-0.1, -0.05) is 30.3 Å². The van der Waals surface area contributed by atoms with Gasteiger partial charge < -0.3 is 20.1 Å². The summed E-state index contributed by atoms with van der Waals surface area (Å²) in [6, 6.07) is 5.88. The molecule has 0 bridgehead atoms. The predicted molar refractivity (Wildman–Crippen MR) is 93.6 cm³/mol. The van der Waals surface area contributed by atoms with E-state index in [-0.39, 0.29) is 5.91 Å². The lowest BCUT2D eigenvalue weighted by molar-refractivity contribution is -0.116. The summed E-state index contributed by atoms with van der Waals surface area (Å²) in [6.45, 7) is 8.71. The molecule has 132 valence electrons.